The molecule has 0 saturated heterocycles. The average Bonchev–Trinajstić information content (AvgIpc) is 2.74. The fourth-order valence-corrected chi connectivity index (χ4v) is 3.08. The third kappa shape index (κ3) is 9.05. The van der Waals surface area contributed by atoms with E-state index >= 15 is 0 Å². The number of methoxy groups -OCH3 is 1. The molecule has 1 aromatic rings. The molecule has 0 aromatic heterocycles. The molecule has 2 N–H and O–H groups in total. The number of amides is 2. The van der Waals surface area contributed by atoms with Gasteiger partial charge in [-0.15, -0.1) is 0 Å². The molecule has 1 aromatic carbocycles. The molecule has 0 saturated carbocycles. The number of ether oxygens (including phenoxy) is 2. The van der Waals surface area contributed by atoms with Gasteiger partial charge in [0, 0.05) is 5.75 Å². The Balaban J connectivity index is 2.61. The van der Waals surface area contributed by atoms with E-state index in [9.17, 15) is 19.2 Å². The van der Waals surface area contributed by atoms with Gasteiger partial charge in [0.2, 0.25) is 0 Å². The first kappa shape index (κ1) is 24.6. The summed E-state index contributed by atoms with van der Waals surface area (Å²) in [6.07, 6.45) is 3.27. The highest BCUT2D eigenvalue weighted by Crippen LogP contribution is 2.10. The standard InChI is InChI=1S/C19H24N2O6S2/c1-5-13-6-8-14(9-7-13)17(23)27-10-15(21-18(24)28-4)11-29-19(25)20-12(2)16(22)26-3/h5-9,12,15H,1,10-11H2,2-4H3,(H,20,25)(H,21,24)/t12-,15?/m0/s1. The van der Waals surface area contributed by atoms with Crippen LogP contribution in [0.4, 0.5) is 9.59 Å². The number of carbonyl (C=O) groups is 4. The number of carbonyl (C=O) groups excluding carboxylic acids is 4. The van der Waals surface area contributed by atoms with Crippen LogP contribution in [-0.2, 0) is 14.3 Å². The van der Waals surface area contributed by atoms with Crippen molar-refractivity contribution in [1.82, 2.24) is 10.6 Å². The summed E-state index contributed by atoms with van der Waals surface area (Å²) in [6.45, 7) is 5.04. The van der Waals surface area contributed by atoms with E-state index < -0.39 is 29.3 Å². The van der Waals surface area contributed by atoms with Gasteiger partial charge in [0.15, 0.2) is 0 Å². The van der Waals surface area contributed by atoms with Crippen LogP contribution in [-0.4, -0.2) is 60.2 Å². The molecule has 8 nitrogen and oxygen atoms in total. The Morgan fingerprint density at radius 2 is 1.79 bits per heavy atom. The number of rotatable bonds is 9. The first-order valence-corrected chi connectivity index (χ1v) is 10.8. The Bertz CT molecular complexity index is 739. The second kappa shape index (κ2) is 12.9. The number of esters is 2. The van der Waals surface area contributed by atoms with Gasteiger partial charge in [-0.1, -0.05) is 48.3 Å². The van der Waals surface area contributed by atoms with E-state index in [2.05, 4.69) is 21.9 Å². The summed E-state index contributed by atoms with van der Waals surface area (Å²) in [5.41, 5.74) is 1.23. The van der Waals surface area contributed by atoms with Gasteiger partial charge in [-0.3, -0.25) is 9.59 Å². The Hall–Kier alpha value is -2.46. The average molecular weight is 441 g/mol. The van der Waals surface area contributed by atoms with E-state index in [0.29, 0.717) is 5.56 Å². The summed E-state index contributed by atoms with van der Waals surface area (Å²) >= 11 is 1.83. The molecule has 0 spiro atoms. The minimum atomic E-state index is -0.796. The van der Waals surface area contributed by atoms with Crippen molar-refractivity contribution < 1.29 is 28.7 Å². The molecule has 0 radical (unpaired) electrons. The predicted octanol–water partition coefficient (Wildman–Crippen LogP) is 2.93. The molecule has 1 rings (SSSR count). The first-order valence-electron chi connectivity index (χ1n) is 8.56. The van der Waals surface area contributed by atoms with Crippen molar-refractivity contribution >= 4 is 52.0 Å². The quantitative estimate of drug-likeness (QED) is 0.564. The van der Waals surface area contributed by atoms with E-state index in [1.54, 1.807) is 36.6 Å². The number of thioether (sulfide) groups is 2. The number of hydrogen-bond donors (Lipinski definition) is 2. The maximum atomic E-state index is 12.2. The van der Waals surface area contributed by atoms with Crippen LogP contribution < -0.4 is 10.6 Å². The maximum Gasteiger partial charge on any atom is 0.338 e. The fraction of sp³-hybridized carbons (Fsp3) is 0.368. The van der Waals surface area contributed by atoms with E-state index in [0.717, 1.165) is 29.1 Å². The Kier molecular flexibility index (Phi) is 10.9. The van der Waals surface area contributed by atoms with Crippen molar-refractivity contribution in [3.8, 4) is 0 Å². The SMILES string of the molecule is C=Cc1ccc(C(=O)OCC(CSC(=O)N[C@@H](C)C(=O)OC)NC(=O)SC)cc1. The van der Waals surface area contributed by atoms with Gasteiger partial charge in [0.05, 0.1) is 18.7 Å². The van der Waals surface area contributed by atoms with Crippen LogP contribution >= 0.6 is 23.5 Å². The topological polar surface area (TPSA) is 111 Å². The van der Waals surface area contributed by atoms with E-state index in [-0.39, 0.29) is 17.6 Å². The second-order valence-corrected chi connectivity index (χ2v) is 7.52. The van der Waals surface area contributed by atoms with Gasteiger partial charge < -0.3 is 20.1 Å². The molecule has 0 aliphatic rings. The number of benzene rings is 1. The highest BCUT2D eigenvalue weighted by molar-refractivity contribution is 8.13. The van der Waals surface area contributed by atoms with E-state index in [1.807, 2.05) is 0 Å². The molecule has 0 fully saturated rings. The lowest BCUT2D eigenvalue weighted by Gasteiger charge is -2.18. The molecule has 29 heavy (non-hydrogen) atoms. The van der Waals surface area contributed by atoms with Crippen molar-refractivity contribution in [3.05, 3.63) is 42.0 Å². The highest BCUT2D eigenvalue weighted by Gasteiger charge is 2.20. The fourth-order valence-electron chi connectivity index (χ4n) is 2.00. The molecule has 0 bridgehead atoms. The first-order chi connectivity index (χ1) is 13.8. The molecular weight excluding hydrogens is 416 g/mol. The Labute approximate surface area is 178 Å². The zero-order valence-electron chi connectivity index (χ0n) is 16.4. The zero-order valence-corrected chi connectivity index (χ0v) is 18.1. The van der Waals surface area contributed by atoms with Crippen LogP contribution in [0.25, 0.3) is 6.08 Å². The normalized spacial score (nSPS) is 12.2. The molecule has 10 heteroatoms. The largest absolute Gasteiger partial charge is 0.467 e. The summed E-state index contributed by atoms with van der Waals surface area (Å²) < 4.78 is 9.81. The van der Waals surface area contributed by atoms with Crippen LogP contribution in [0.15, 0.2) is 30.8 Å². The van der Waals surface area contributed by atoms with Gasteiger partial charge >= 0.3 is 11.9 Å². The number of hydrogen-bond acceptors (Lipinski definition) is 8. The molecule has 0 aliphatic heterocycles. The molecule has 2 atom stereocenters. The Morgan fingerprint density at radius 1 is 1.14 bits per heavy atom. The molecule has 0 heterocycles. The Morgan fingerprint density at radius 3 is 2.34 bits per heavy atom. The predicted molar refractivity (Wildman–Crippen MR) is 115 cm³/mol. The zero-order chi connectivity index (χ0) is 21.8. The maximum absolute atomic E-state index is 12.2. The third-order valence-corrected chi connectivity index (χ3v) is 5.05. The second-order valence-electron chi connectivity index (χ2n) is 5.75. The minimum Gasteiger partial charge on any atom is -0.467 e. The van der Waals surface area contributed by atoms with Crippen LogP contribution in [0.5, 0.6) is 0 Å². The lowest BCUT2D eigenvalue weighted by molar-refractivity contribution is -0.142. The summed E-state index contributed by atoms with van der Waals surface area (Å²) in [7, 11) is 1.23. The smallest absolute Gasteiger partial charge is 0.338 e. The number of nitrogens with one attached hydrogen (secondary N) is 2. The van der Waals surface area contributed by atoms with E-state index in [1.165, 1.54) is 14.0 Å². The summed E-state index contributed by atoms with van der Waals surface area (Å²) in [4.78, 5) is 47.2. The van der Waals surface area contributed by atoms with Gasteiger partial charge in [-0.05, 0) is 30.9 Å². The van der Waals surface area contributed by atoms with Crippen LogP contribution in [0.1, 0.15) is 22.8 Å². The van der Waals surface area contributed by atoms with Gasteiger partial charge in [-0.25, -0.2) is 9.59 Å². The lowest BCUT2D eigenvalue weighted by Crippen LogP contribution is -2.41. The highest BCUT2D eigenvalue weighted by atomic mass is 32.2. The van der Waals surface area contributed by atoms with Crippen molar-refractivity contribution in [2.45, 2.75) is 19.0 Å². The molecule has 0 aliphatic carbocycles. The van der Waals surface area contributed by atoms with Crippen LogP contribution in [0.2, 0.25) is 0 Å². The molecule has 158 valence electrons. The van der Waals surface area contributed by atoms with Crippen molar-refractivity contribution in [3.63, 3.8) is 0 Å². The van der Waals surface area contributed by atoms with E-state index in [4.69, 9.17) is 4.74 Å². The minimum absolute atomic E-state index is 0.110. The lowest BCUT2D eigenvalue weighted by atomic mass is 10.1. The van der Waals surface area contributed by atoms with Crippen molar-refractivity contribution in [1.29, 1.82) is 0 Å². The summed E-state index contributed by atoms with van der Waals surface area (Å²) in [6, 6.07) is 5.32. The summed E-state index contributed by atoms with van der Waals surface area (Å²) in [5, 5.41) is 4.37. The van der Waals surface area contributed by atoms with Gasteiger partial charge in [-0.2, -0.15) is 0 Å². The molecule has 1 unspecified atom stereocenters. The van der Waals surface area contributed by atoms with Crippen LogP contribution in [0, 0.1) is 0 Å². The van der Waals surface area contributed by atoms with Gasteiger partial charge in [0.25, 0.3) is 10.5 Å². The van der Waals surface area contributed by atoms with Gasteiger partial charge in [0.1, 0.15) is 12.6 Å². The molecular formula is C19H24N2O6S2. The van der Waals surface area contributed by atoms with Crippen molar-refractivity contribution in [2.24, 2.45) is 0 Å². The summed E-state index contributed by atoms with van der Waals surface area (Å²) in [5.74, 6) is -0.963. The third-order valence-electron chi connectivity index (χ3n) is 3.61. The molecule has 2 amide bonds. The van der Waals surface area contributed by atoms with Crippen molar-refractivity contribution in [2.75, 3.05) is 25.7 Å². The van der Waals surface area contributed by atoms with Crippen LogP contribution in [0.3, 0.4) is 0 Å². The monoisotopic (exact) mass is 440 g/mol.